The quantitative estimate of drug-likeness (QED) is 0.850. The normalized spacial score (nSPS) is 16.5. The van der Waals surface area contributed by atoms with Gasteiger partial charge in [0.1, 0.15) is 5.01 Å². The number of aliphatic carboxylic acids is 1. The third-order valence-corrected chi connectivity index (χ3v) is 4.20. The van der Waals surface area contributed by atoms with Crippen LogP contribution in [0.5, 0.6) is 0 Å². The maximum Gasteiger partial charge on any atom is 0.323 e. The highest BCUT2D eigenvalue weighted by Crippen LogP contribution is 2.16. The molecular weight excluding hydrogens is 294 g/mol. The van der Waals surface area contributed by atoms with Gasteiger partial charge < -0.3 is 10.0 Å². The number of anilines is 1. The van der Waals surface area contributed by atoms with Crippen molar-refractivity contribution in [3.05, 3.63) is 5.01 Å². The van der Waals surface area contributed by atoms with Crippen molar-refractivity contribution in [1.82, 2.24) is 20.0 Å². The van der Waals surface area contributed by atoms with E-state index in [-0.39, 0.29) is 12.6 Å². The largest absolute Gasteiger partial charge is 0.480 e. The molecule has 0 atom stereocenters. The summed E-state index contributed by atoms with van der Waals surface area (Å²) >= 11 is 1.37. The van der Waals surface area contributed by atoms with Gasteiger partial charge in [-0.05, 0) is 12.8 Å². The van der Waals surface area contributed by atoms with Gasteiger partial charge in [0.2, 0.25) is 5.13 Å². The molecule has 2 rings (SSSR count). The van der Waals surface area contributed by atoms with E-state index in [2.05, 4.69) is 15.5 Å². The molecular formula is C12H19N5O3S. The summed E-state index contributed by atoms with van der Waals surface area (Å²) in [6.45, 7) is 4.38. The lowest BCUT2D eigenvalue weighted by Gasteiger charge is -2.20. The van der Waals surface area contributed by atoms with E-state index < -0.39 is 5.97 Å². The van der Waals surface area contributed by atoms with Gasteiger partial charge in [-0.15, -0.1) is 10.2 Å². The Bertz CT molecular complexity index is 507. The summed E-state index contributed by atoms with van der Waals surface area (Å²) in [4.78, 5) is 26.4. The first-order valence-electron chi connectivity index (χ1n) is 6.91. The van der Waals surface area contributed by atoms with Crippen LogP contribution in [0.3, 0.4) is 0 Å². The second-order valence-electron chi connectivity index (χ2n) is 4.80. The SMILES string of the molecule is CCc1nnc(NC(=O)N2CCCN(CC(=O)O)CC2)s1. The molecule has 1 fully saturated rings. The van der Waals surface area contributed by atoms with E-state index >= 15 is 0 Å². The molecule has 2 N–H and O–H groups in total. The maximum atomic E-state index is 12.2. The van der Waals surface area contributed by atoms with Gasteiger partial charge in [0.05, 0.1) is 6.54 Å². The lowest BCUT2D eigenvalue weighted by Crippen LogP contribution is -2.38. The Morgan fingerprint density at radius 3 is 2.76 bits per heavy atom. The minimum atomic E-state index is -0.839. The van der Waals surface area contributed by atoms with Gasteiger partial charge in [-0.25, -0.2) is 4.79 Å². The number of carboxylic acids is 1. The number of aryl methyl sites for hydroxylation is 1. The Kier molecular flexibility index (Phi) is 5.45. The van der Waals surface area contributed by atoms with Crippen molar-refractivity contribution in [1.29, 1.82) is 0 Å². The molecule has 1 aromatic heterocycles. The zero-order chi connectivity index (χ0) is 15.2. The summed E-state index contributed by atoms with van der Waals surface area (Å²) in [5, 5.41) is 20.8. The lowest BCUT2D eigenvalue weighted by molar-refractivity contribution is -0.138. The van der Waals surface area contributed by atoms with E-state index in [1.807, 2.05) is 11.8 Å². The minimum Gasteiger partial charge on any atom is -0.480 e. The van der Waals surface area contributed by atoms with E-state index in [1.54, 1.807) is 4.90 Å². The fraction of sp³-hybridized carbons (Fsp3) is 0.667. The average molecular weight is 313 g/mol. The number of nitrogens with zero attached hydrogens (tertiary/aromatic N) is 4. The Labute approximate surface area is 126 Å². The Balaban J connectivity index is 1.86. The molecule has 9 heteroatoms. The molecule has 0 saturated carbocycles. The van der Waals surface area contributed by atoms with Crippen LogP contribution in [0.15, 0.2) is 0 Å². The second-order valence-corrected chi connectivity index (χ2v) is 5.86. The van der Waals surface area contributed by atoms with Gasteiger partial charge in [-0.1, -0.05) is 18.3 Å². The molecule has 0 unspecified atom stereocenters. The van der Waals surface area contributed by atoms with Crippen molar-refractivity contribution >= 4 is 28.5 Å². The number of rotatable bonds is 4. The topological polar surface area (TPSA) is 98.7 Å². The average Bonchev–Trinajstić information content (AvgIpc) is 2.76. The maximum absolute atomic E-state index is 12.2. The zero-order valence-corrected chi connectivity index (χ0v) is 12.7. The number of nitrogens with one attached hydrogen (secondary N) is 1. The first-order chi connectivity index (χ1) is 10.1. The molecule has 0 aliphatic carbocycles. The van der Waals surface area contributed by atoms with Crippen molar-refractivity contribution < 1.29 is 14.7 Å². The van der Waals surface area contributed by atoms with Crippen molar-refractivity contribution in [2.24, 2.45) is 0 Å². The van der Waals surface area contributed by atoms with Crippen LogP contribution in [0.2, 0.25) is 0 Å². The first kappa shape index (κ1) is 15.6. The smallest absolute Gasteiger partial charge is 0.323 e. The van der Waals surface area contributed by atoms with Crippen molar-refractivity contribution in [2.75, 3.05) is 38.0 Å². The van der Waals surface area contributed by atoms with E-state index in [0.717, 1.165) is 17.8 Å². The van der Waals surface area contributed by atoms with Gasteiger partial charge >= 0.3 is 12.0 Å². The molecule has 116 valence electrons. The molecule has 8 nitrogen and oxygen atoms in total. The predicted octanol–water partition coefficient (Wildman–Crippen LogP) is 0.725. The summed E-state index contributed by atoms with van der Waals surface area (Å²) in [6, 6.07) is -0.203. The zero-order valence-electron chi connectivity index (χ0n) is 11.9. The molecule has 0 aromatic carbocycles. The van der Waals surface area contributed by atoms with Crippen LogP contribution in [-0.2, 0) is 11.2 Å². The van der Waals surface area contributed by atoms with Gasteiger partial charge in [0.25, 0.3) is 0 Å². The molecule has 21 heavy (non-hydrogen) atoms. The molecule has 1 saturated heterocycles. The van der Waals surface area contributed by atoms with Crippen molar-refractivity contribution in [2.45, 2.75) is 19.8 Å². The number of hydrogen-bond donors (Lipinski definition) is 2. The van der Waals surface area contributed by atoms with Crippen LogP contribution < -0.4 is 5.32 Å². The highest BCUT2D eigenvalue weighted by molar-refractivity contribution is 7.15. The highest BCUT2D eigenvalue weighted by atomic mass is 32.1. The van der Waals surface area contributed by atoms with E-state index in [4.69, 9.17) is 5.11 Å². The summed E-state index contributed by atoms with van der Waals surface area (Å²) < 4.78 is 0. The number of urea groups is 1. The number of carbonyl (C=O) groups is 2. The third kappa shape index (κ3) is 4.64. The Morgan fingerprint density at radius 1 is 1.29 bits per heavy atom. The standard InChI is InChI=1S/C12H19N5O3S/c1-2-9-14-15-11(21-9)13-12(20)17-5-3-4-16(6-7-17)8-10(18)19/h2-8H2,1H3,(H,18,19)(H,13,15,20). The number of carbonyl (C=O) groups excluding carboxylic acids is 1. The van der Waals surface area contributed by atoms with Crippen LogP contribution in [-0.4, -0.2) is 69.8 Å². The first-order valence-corrected chi connectivity index (χ1v) is 7.72. The molecule has 2 amide bonds. The summed E-state index contributed by atoms with van der Waals surface area (Å²) in [5.74, 6) is -0.839. The summed E-state index contributed by atoms with van der Waals surface area (Å²) in [6.07, 6.45) is 1.55. The second kappa shape index (κ2) is 7.32. The van der Waals surface area contributed by atoms with E-state index in [9.17, 15) is 9.59 Å². The van der Waals surface area contributed by atoms with Gasteiger partial charge in [0.15, 0.2) is 0 Å². The lowest BCUT2D eigenvalue weighted by atomic mass is 10.4. The van der Waals surface area contributed by atoms with Crippen LogP contribution in [0.4, 0.5) is 9.93 Å². The molecule has 1 aliphatic rings. The third-order valence-electron chi connectivity index (χ3n) is 3.22. The van der Waals surface area contributed by atoms with Crippen molar-refractivity contribution in [3.63, 3.8) is 0 Å². The highest BCUT2D eigenvalue weighted by Gasteiger charge is 2.21. The van der Waals surface area contributed by atoms with Crippen LogP contribution >= 0.6 is 11.3 Å². The van der Waals surface area contributed by atoms with Gasteiger partial charge in [-0.3, -0.25) is 15.0 Å². The molecule has 2 heterocycles. The molecule has 0 bridgehead atoms. The molecule has 1 aromatic rings. The fourth-order valence-electron chi connectivity index (χ4n) is 2.14. The van der Waals surface area contributed by atoms with Crippen LogP contribution in [0.25, 0.3) is 0 Å². The van der Waals surface area contributed by atoms with E-state index in [0.29, 0.717) is 31.3 Å². The van der Waals surface area contributed by atoms with Crippen LogP contribution in [0.1, 0.15) is 18.4 Å². The summed E-state index contributed by atoms with van der Waals surface area (Å²) in [5.41, 5.74) is 0. The minimum absolute atomic E-state index is 0.0196. The number of aromatic nitrogens is 2. The number of carboxylic acid groups (broad SMARTS) is 1. The van der Waals surface area contributed by atoms with Crippen molar-refractivity contribution in [3.8, 4) is 0 Å². The Morgan fingerprint density at radius 2 is 2.10 bits per heavy atom. The predicted molar refractivity (Wildman–Crippen MR) is 78.6 cm³/mol. The van der Waals surface area contributed by atoms with Gasteiger partial charge in [-0.2, -0.15) is 0 Å². The molecule has 0 spiro atoms. The van der Waals surface area contributed by atoms with E-state index in [1.165, 1.54) is 11.3 Å². The molecule has 0 radical (unpaired) electrons. The summed E-state index contributed by atoms with van der Waals surface area (Å²) in [7, 11) is 0. The number of hydrogen-bond acceptors (Lipinski definition) is 6. The fourth-order valence-corrected chi connectivity index (χ4v) is 2.81. The van der Waals surface area contributed by atoms with Crippen LogP contribution in [0, 0.1) is 0 Å². The van der Waals surface area contributed by atoms with Gasteiger partial charge in [0, 0.05) is 26.2 Å². The Hall–Kier alpha value is -1.74. The number of amides is 2. The monoisotopic (exact) mass is 313 g/mol. The molecule has 1 aliphatic heterocycles.